The van der Waals surface area contributed by atoms with Gasteiger partial charge in [-0.05, 0) is 97.4 Å². The number of hydrogen-bond donors (Lipinski definition) is 4. The number of halogens is 2. The van der Waals surface area contributed by atoms with E-state index in [1.165, 1.54) is 53.7 Å². The van der Waals surface area contributed by atoms with Crippen LogP contribution in [0.2, 0.25) is 0 Å². The van der Waals surface area contributed by atoms with Crippen molar-refractivity contribution in [2.24, 2.45) is 10.8 Å². The Morgan fingerprint density at radius 2 is 1.58 bits per heavy atom. The number of esters is 2. The van der Waals surface area contributed by atoms with E-state index in [0.29, 0.717) is 38.6 Å². The molecule has 3 aromatic rings. The van der Waals surface area contributed by atoms with Gasteiger partial charge in [0, 0.05) is 35.2 Å². The number of carbonyl (C=O) groups excluding carboxylic acids is 5. The molecule has 0 aliphatic carbocycles. The van der Waals surface area contributed by atoms with E-state index >= 15 is 8.78 Å². The van der Waals surface area contributed by atoms with Crippen molar-refractivity contribution in [1.29, 1.82) is 0 Å². The molecule has 0 saturated carbocycles. The van der Waals surface area contributed by atoms with E-state index in [1.807, 2.05) is 0 Å². The lowest BCUT2D eigenvalue weighted by molar-refractivity contribution is -0.163. The normalized spacial score (nSPS) is 19.4. The predicted molar refractivity (Wildman–Crippen MR) is 201 cm³/mol. The maximum Gasteiger partial charge on any atom is 0.410 e. The van der Waals surface area contributed by atoms with Crippen LogP contribution in [0, 0.1) is 10.8 Å². The molecular formula is C38H51F2N6O10P. The van der Waals surface area contributed by atoms with Crippen LogP contribution in [0.25, 0.3) is 10.9 Å². The lowest BCUT2D eigenvalue weighted by Crippen LogP contribution is -2.56. The monoisotopic (exact) mass is 820 g/mol. The maximum atomic E-state index is 16.2. The lowest BCUT2D eigenvalue weighted by atomic mass is 9.98. The zero-order valence-electron chi connectivity index (χ0n) is 32.9. The molecule has 16 nitrogen and oxygen atoms in total. The van der Waals surface area contributed by atoms with Crippen LogP contribution in [-0.4, -0.2) is 88.0 Å². The molecule has 1 aromatic carbocycles. The average molecular weight is 821 g/mol. The maximum absolute atomic E-state index is 16.2. The summed E-state index contributed by atoms with van der Waals surface area (Å²) in [6.45, 7) is 7.20. The van der Waals surface area contributed by atoms with Crippen LogP contribution in [-0.2, 0) is 54.3 Å². The Bertz CT molecular complexity index is 1950. The fourth-order valence-corrected chi connectivity index (χ4v) is 7.79. The van der Waals surface area contributed by atoms with Crippen LogP contribution in [0.15, 0.2) is 36.7 Å². The molecular weight excluding hydrogens is 769 g/mol. The Balaban J connectivity index is 1.31. The minimum Gasteiger partial charge on any atom is -0.438 e. The van der Waals surface area contributed by atoms with Crippen molar-refractivity contribution >= 4 is 48.2 Å². The van der Waals surface area contributed by atoms with Crippen molar-refractivity contribution in [3.63, 3.8) is 0 Å². The minimum absolute atomic E-state index is 0.0364. The Morgan fingerprint density at radius 1 is 0.930 bits per heavy atom. The van der Waals surface area contributed by atoms with Crippen LogP contribution in [0.3, 0.4) is 0 Å². The molecule has 3 amide bonds. The van der Waals surface area contributed by atoms with Gasteiger partial charge < -0.3 is 30.0 Å². The molecule has 2 aliphatic rings. The number of nitrogens with zero attached hydrogens (tertiary/aromatic N) is 2. The van der Waals surface area contributed by atoms with Crippen molar-refractivity contribution in [2.45, 2.75) is 110 Å². The summed E-state index contributed by atoms with van der Waals surface area (Å²) < 4.78 is 65.9. The highest BCUT2D eigenvalue weighted by atomic mass is 31.2. The number of benzene rings is 1. The molecule has 0 bridgehead atoms. The topological polar surface area (TPSA) is 211 Å². The van der Waals surface area contributed by atoms with Crippen LogP contribution < -0.4 is 10.6 Å². The summed E-state index contributed by atoms with van der Waals surface area (Å²) in [5.74, 6) is -2.94. The van der Waals surface area contributed by atoms with Gasteiger partial charge in [0.2, 0.25) is 25.4 Å². The summed E-state index contributed by atoms with van der Waals surface area (Å²) in [4.78, 5) is 69.8. The van der Waals surface area contributed by atoms with Crippen LogP contribution in [0.4, 0.5) is 8.78 Å². The highest BCUT2D eigenvalue weighted by Gasteiger charge is 2.56. The molecule has 1 unspecified atom stereocenters. The van der Waals surface area contributed by atoms with Crippen LogP contribution in [0.5, 0.6) is 0 Å². The molecule has 3 atom stereocenters. The summed E-state index contributed by atoms with van der Waals surface area (Å²) >= 11 is 0. The first-order valence-corrected chi connectivity index (χ1v) is 20.4. The number of aromatic amines is 2. The van der Waals surface area contributed by atoms with E-state index in [-0.39, 0.29) is 34.5 Å². The Hall–Kier alpha value is -4.67. The van der Waals surface area contributed by atoms with Crippen LogP contribution >= 0.6 is 7.60 Å². The molecule has 57 heavy (non-hydrogen) atoms. The fraction of sp³-hybridized carbons (Fsp3) is 0.579. The third-order valence-electron chi connectivity index (χ3n) is 9.82. The number of hydrogen-bond acceptors (Lipinski definition) is 11. The molecule has 5 rings (SSSR count). The largest absolute Gasteiger partial charge is 0.438 e. The zero-order valence-corrected chi connectivity index (χ0v) is 33.8. The van der Waals surface area contributed by atoms with Crippen molar-refractivity contribution in [2.75, 3.05) is 20.1 Å². The summed E-state index contributed by atoms with van der Waals surface area (Å²) in [7, 11) is -5.58. The molecule has 19 heteroatoms. The number of aromatic nitrogens is 3. The molecule has 0 radical (unpaired) electrons. The van der Waals surface area contributed by atoms with Gasteiger partial charge in [-0.3, -0.25) is 42.7 Å². The third-order valence-corrected chi connectivity index (χ3v) is 11.7. The SMILES string of the molecule is CC(C)(C)C(=O)OCOP(=O)(OCOC(=O)C(C)(C)C)C(F)(F)c1ccc2[nH]c(C(=O)N[C@H]3CCCCC4CC[C@@H](C(=O)NCCc5cn[nH]c5)N4C3=O)cc2c1. The molecule has 2 aliphatic heterocycles. The van der Waals surface area contributed by atoms with Gasteiger partial charge in [-0.15, -0.1) is 0 Å². The van der Waals surface area contributed by atoms with Gasteiger partial charge in [-0.1, -0.05) is 18.9 Å². The molecule has 0 spiro atoms. The number of fused-ring (bicyclic) bond motifs is 2. The number of rotatable bonds is 14. The predicted octanol–water partition coefficient (Wildman–Crippen LogP) is 5.65. The Morgan fingerprint density at radius 3 is 2.19 bits per heavy atom. The van der Waals surface area contributed by atoms with Crippen LogP contribution in [0.1, 0.15) is 102 Å². The van der Waals surface area contributed by atoms with Gasteiger partial charge in [0.1, 0.15) is 17.8 Å². The standard InChI is InChI=1S/C38H51F2N6O10P/c1-36(2,3)34(50)53-21-55-57(52,56-22-54-35(51)37(4,5)6)38(39,40)25-11-13-27-24(17-25)18-29(44-27)31(47)45-28-10-8-7-9-26-12-14-30(46(26)33(28)49)32(48)41-16-15-23-19-42-43-20-23/h11,13,17-20,26,28,30,44H,7-10,12,14-16,21-22H2,1-6H3,(H,41,48)(H,42,43)(H,45,47)/t26?,28-,30-/m0/s1. The zero-order chi connectivity index (χ0) is 41.8. The molecule has 4 N–H and O–H groups in total. The second kappa shape index (κ2) is 17.4. The van der Waals surface area contributed by atoms with Gasteiger partial charge >= 0.3 is 25.2 Å². The van der Waals surface area contributed by atoms with E-state index in [0.717, 1.165) is 30.5 Å². The molecule has 2 saturated heterocycles. The molecule has 4 heterocycles. The van der Waals surface area contributed by atoms with E-state index in [1.54, 1.807) is 17.3 Å². The van der Waals surface area contributed by atoms with Gasteiger partial charge in [0.25, 0.3) is 5.91 Å². The average Bonchev–Trinajstić information content (AvgIpc) is 3.91. The lowest BCUT2D eigenvalue weighted by Gasteiger charge is -2.35. The highest BCUT2D eigenvalue weighted by Crippen LogP contribution is 2.67. The van der Waals surface area contributed by atoms with E-state index in [9.17, 15) is 28.5 Å². The number of ether oxygens (including phenoxy) is 2. The summed E-state index contributed by atoms with van der Waals surface area (Å²) in [5, 5.41) is 12.5. The number of alkyl halides is 2. The first kappa shape index (κ1) is 43.5. The summed E-state index contributed by atoms with van der Waals surface area (Å²) in [6, 6.07) is 2.71. The van der Waals surface area contributed by atoms with Crippen molar-refractivity contribution in [1.82, 2.24) is 30.7 Å². The van der Waals surface area contributed by atoms with Crippen molar-refractivity contribution < 1.29 is 55.8 Å². The number of H-pyrrole nitrogens is 2. The second-order valence-corrected chi connectivity index (χ2v) is 18.4. The van der Waals surface area contributed by atoms with E-state index in [2.05, 4.69) is 25.8 Å². The molecule has 2 fully saturated rings. The van der Waals surface area contributed by atoms with Gasteiger partial charge in [-0.2, -0.15) is 13.9 Å². The summed E-state index contributed by atoms with van der Waals surface area (Å²) in [5.41, 5.74) is -6.09. The van der Waals surface area contributed by atoms with Gasteiger partial charge in [0.15, 0.2) is 0 Å². The molecule has 2 aromatic heterocycles. The number of carbonyl (C=O) groups is 5. The Labute approximate surface area is 329 Å². The second-order valence-electron chi connectivity index (χ2n) is 16.3. The smallest absolute Gasteiger partial charge is 0.410 e. The molecule has 312 valence electrons. The number of nitrogens with one attached hydrogen (secondary N) is 4. The first-order valence-electron chi connectivity index (χ1n) is 18.8. The summed E-state index contributed by atoms with van der Waals surface area (Å²) in [6.07, 6.45) is 7.69. The van der Waals surface area contributed by atoms with E-state index < -0.39 is 73.2 Å². The number of amides is 3. The Kier molecular flexibility index (Phi) is 13.3. The highest BCUT2D eigenvalue weighted by molar-refractivity contribution is 7.54. The fourth-order valence-electron chi connectivity index (χ4n) is 6.55. The quantitative estimate of drug-likeness (QED) is 0.0887. The van der Waals surface area contributed by atoms with Gasteiger partial charge in [-0.25, -0.2) is 0 Å². The van der Waals surface area contributed by atoms with Crippen molar-refractivity contribution in [3.8, 4) is 0 Å². The van der Waals surface area contributed by atoms with E-state index in [4.69, 9.17) is 18.5 Å². The third kappa shape index (κ3) is 10.3. The van der Waals surface area contributed by atoms with Gasteiger partial charge in [0.05, 0.1) is 17.0 Å². The van der Waals surface area contributed by atoms with Crippen molar-refractivity contribution in [3.05, 3.63) is 53.5 Å². The minimum atomic E-state index is -5.58. The first-order chi connectivity index (χ1) is 26.7.